The van der Waals surface area contributed by atoms with Gasteiger partial charge in [0.05, 0.1) is 6.04 Å². The highest BCUT2D eigenvalue weighted by Crippen LogP contribution is 2.16. The Balaban J connectivity index is 0.00000194. The topological polar surface area (TPSA) is 64.6 Å². The van der Waals surface area contributed by atoms with E-state index in [-0.39, 0.29) is 0 Å². The number of hydrogen-bond acceptors (Lipinski definition) is 4. The molecule has 1 N–H and O–H groups in total. The maximum absolute atomic E-state index is 11.8. The fourth-order valence-corrected chi connectivity index (χ4v) is 2.27. The fraction of sp³-hybridized carbons (Fsp3) is 0.524. The predicted molar refractivity (Wildman–Crippen MR) is 106 cm³/mol. The van der Waals surface area contributed by atoms with Gasteiger partial charge >= 0.3 is 6.09 Å². The zero-order valence-corrected chi connectivity index (χ0v) is 17.1. The van der Waals surface area contributed by atoms with Gasteiger partial charge in [-0.2, -0.15) is 0 Å². The van der Waals surface area contributed by atoms with Crippen molar-refractivity contribution in [2.75, 3.05) is 14.2 Å². The second-order valence-corrected chi connectivity index (χ2v) is 6.89. The molecular formula is C21H33NO4. The van der Waals surface area contributed by atoms with Crippen molar-refractivity contribution in [3.63, 3.8) is 0 Å². The van der Waals surface area contributed by atoms with Gasteiger partial charge in [-0.05, 0) is 57.2 Å². The standard InChI is InChI=1S/C19H27NO3.C2H6O/c1-6-8-16-11-14(9-10-15(16)7-2)12-17(13-21)20-18(22)23-19(3,4)5;1-3-2/h6,8-11,13,17H,7,12H2,1-5H3,(H,20,22);1-2H3/b8-6-;. The lowest BCUT2D eigenvalue weighted by Crippen LogP contribution is -2.41. The number of ether oxygens (including phenoxy) is 2. The van der Waals surface area contributed by atoms with E-state index in [0.29, 0.717) is 6.42 Å². The van der Waals surface area contributed by atoms with Gasteiger partial charge in [-0.15, -0.1) is 0 Å². The summed E-state index contributed by atoms with van der Waals surface area (Å²) in [7, 11) is 3.25. The van der Waals surface area contributed by atoms with E-state index in [1.54, 1.807) is 35.0 Å². The van der Waals surface area contributed by atoms with Crippen molar-refractivity contribution >= 4 is 18.5 Å². The summed E-state index contributed by atoms with van der Waals surface area (Å²) in [5.41, 5.74) is 2.83. The van der Waals surface area contributed by atoms with Crippen molar-refractivity contribution in [2.45, 2.75) is 59.1 Å². The van der Waals surface area contributed by atoms with Crippen LogP contribution in [0.2, 0.25) is 0 Å². The summed E-state index contributed by atoms with van der Waals surface area (Å²) < 4.78 is 9.44. The van der Waals surface area contributed by atoms with E-state index in [1.807, 2.05) is 19.1 Å². The van der Waals surface area contributed by atoms with Crippen LogP contribution in [0.15, 0.2) is 24.3 Å². The summed E-state index contributed by atoms with van der Waals surface area (Å²) in [6, 6.07) is 5.53. The molecule has 0 saturated heterocycles. The summed E-state index contributed by atoms with van der Waals surface area (Å²) in [5, 5.41) is 2.60. The Morgan fingerprint density at radius 1 is 1.27 bits per heavy atom. The van der Waals surface area contributed by atoms with Crippen LogP contribution in [0.5, 0.6) is 0 Å². The SMILES string of the molecule is C/C=C\c1cc(CC(C=O)NC(=O)OC(C)(C)C)ccc1CC.COC. The van der Waals surface area contributed by atoms with Gasteiger partial charge in [0, 0.05) is 14.2 Å². The first kappa shape index (κ1) is 23.9. The highest BCUT2D eigenvalue weighted by Gasteiger charge is 2.19. The van der Waals surface area contributed by atoms with Crippen molar-refractivity contribution < 1.29 is 19.1 Å². The molecule has 1 atom stereocenters. The normalized spacial score (nSPS) is 12.1. The van der Waals surface area contributed by atoms with Crippen LogP contribution < -0.4 is 5.32 Å². The number of nitrogens with one attached hydrogen (secondary N) is 1. The number of amides is 1. The first-order chi connectivity index (χ1) is 12.2. The van der Waals surface area contributed by atoms with Gasteiger partial charge in [-0.25, -0.2) is 4.79 Å². The number of rotatable bonds is 6. The molecular weight excluding hydrogens is 330 g/mol. The van der Waals surface area contributed by atoms with Crippen molar-refractivity contribution in [3.05, 3.63) is 41.0 Å². The van der Waals surface area contributed by atoms with Crippen molar-refractivity contribution in [2.24, 2.45) is 0 Å². The molecule has 1 rings (SSSR count). The van der Waals surface area contributed by atoms with Crippen LogP contribution in [0, 0.1) is 0 Å². The third-order valence-corrected chi connectivity index (χ3v) is 3.26. The Labute approximate surface area is 157 Å². The molecule has 0 aromatic heterocycles. The average molecular weight is 363 g/mol. The molecule has 0 spiro atoms. The summed E-state index contributed by atoms with van der Waals surface area (Å²) >= 11 is 0. The van der Waals surface area contributed by atoms with E-state index in [2.05, 4.69) is 35.2 Å². The molecule has 5 heteroatoms. The molecule has 1 aromatic carbocycles. The van der Waals surface area contributed by atoms with Gasteiger partial charge in [-0.1, -0.05) is 37.3 Å². The molecule has 146 valence electrons. The van der Waals surface area contributed by atoms with Gasteiger partial charge in [0.2, 0.25) is 0 Å². The molecule has 0 bridgehead atoms. The van der Waals surface area contributed by atoms with Gasteiger partial charge in [0.25, 0.3) is 0 Å². The summed E-state index contributed by atoms with van der Waals surface area (Å²) in [5.74, 6) is 0. The van der Waals surface area contributed by atoms with Gasteiger partial charge < -0.3 is 19.6 Å². The molecule has 1 amide bonds. The fourth-order valence-electron chi connectivity index (χ4n) is 2.27. The molecule has 26 heavy (non-hydrogen) atoms. The quantitative estimate of drug-likeness (QED) is 0.770. The molecule has 0 radical (unpaired) electrons. The molecule has 1 unspecified atom stereocenters. The number of methoxy groups -OCH3 is 1. The first-order valence-corrected chi connectivity index (χ1v) is 8.80. The molecule has 0 saturated carbocycles. The number of carbonyl (C=O) groups is 2. The van der Waals surface area contributed by atoms with Crippen molar-refractivity contribution in [1.29, 1.82) is 0 Å². The number of aldehydes is 1. The van der Waals surface area contributed by atoms with E-state index in [9.17, 15) is 9.59 Å². The lowest BCUT2D eigenvalue weighted by Gasteiger charge is -2.21. The summed E-state index contributed by atoms with van der Waals surface area (Å²) in [4.78, 5) is 23.0. The largest absolute Gasteiger partial charge is 0.444 e. The number of benzene rings is 1. The molecule has 1 aromatic rings. The molecule has 0 aliphatic heterocycles. The number of alkyl carbamates (subject to hydrolysis) is 1. The minimum atomic E-state index is -0.601. The Morgan fingerprint density at radius 2 is 1.88 bits per heavy atom. The highest BCUT2D eigenvalue weighted by atomic mass is 16.6. The van der Waals surface area contributed by atoms with Gasteiger partial charge in [0.1, 0.15) is 11.9 Å². The Kier molecular flexibility index (Phi) is 11.2. The molecule has 5 nitrogen and oxygen atoms in total. The molecule has 0 aliphatic rings. The number of hydrogen-bond donors (Lipinski definition) is 1. The van der Waals surface area contributed by atoms with E-state index in [1.165, 1.54) is 5.56 Å². The Hall–Kier alpha value is -2.14. The Morgan fingerprint density at radius 3 is 2.35 bits per heavy atom. The van der Waals surface area contributed by atoms with E-state index in [4.69, 9.17) is 4.74 Å². The highest BCUT2D eigenvalue weighted by molar-refractivity contribution is 5.73. The van der Waals surface area contributed by atoms with E-state index in [0.717, 1.165) is 23.8 Å². The van der Waals surface area contributed by atoms with Gasteiger partial charge in [-0.3, -0.25) is 0 Å². The first-order valence-electron chi connectivity index (χ1n) is 8.80. The lowest BCUT2D eigenvalue weighted by atomic mass is 9.98. The smallest absolute Gasteiger partial charge is 0.408 e. The van der Waals surface area contributed by atoms with E-state index < -0.39 is 17.7 Å². The van der Waals surface area contributed by atoms with Crippen LogP contribution in [0.1, 0.15) is 51.3 Å². The van der Waals surface area contributed by atoms with Crippen LogP contribution in [0.25, 0.3) is 6.08 Å². The third kappa shape index (κ3) is 9.99. The van der Waals surface area contributed by atoms with E-state index >= 15 is 0 Å². The van der Waals surface area contributed by atoms with Crippen LogP contribution in [0.3, 0.4) is 0 Å². The molecule has 0 aliphatic carbocycles. The van der Waals surface area contributed by atoms with Crippen LogP contribution >= 0.6 is 0 Å². The molecule has 0 fully saturated rings. The maximum Gasteiger partial charge on any atom is 0.408 e. The number of carbonyl (C=O) groups excluding carboxylic acids is 2. The maximum atomic E-state index is 11.8. The van der Waals surface area contributed by atoms with Crippen LogP contribution in [-0.2, 0) is 27.1 Å². The predicted octanol–water partition coefficient (Wildman–Crippen LogP) is 4.18. The zero-order chi connectivity index (χ0) is 20.2. The van der Waals surface area contributed by atoms with Crippen molar-refractivity contribution in [3.8, 4) is 0 Å². The number of allylic oxidation sites excluding steroid dienone is 1. The van der Waals surface area contributed by atoms with Crippen molar-refractivity contribution in [1.82, 2.24) is 5.32 Å². The average Bonchev–Trinajstić information content (AvgIpc) is 2.54. The van der Waals surface area contributed by atoms with Crippen LogP contribution in [-0.4, -0.2) is 38.2 Å². The van der Waals surface area contributed by atoms with Gasteiger partial charge in [0.15, 0.2) is 0 Å². The summed E-state index contributed by atoms with van der Waals surface area (Å²) in [6.45, 7) is 9.45. The zero-order valence-electron chi connectivity index (χ0n) is 17.1. The third-order valence-electron chi connectivity index (χ3n) is 3.26. The molecule has 0 heterocycles. The monoisotopic (exact) mass is 363 g/mol. The van der Waals surface area contributed by atoms with Crippen LogP contribution in [0.4, 0.5) is 4.79 Å². The summed E-state index contributed by atoms with van der Waals surface area (Å²) in [6.07, 6.45) is 5.61. The second-order valence-electron chi connectivity index (χ2n) is 6.89. The number of aryl methyl sites for hydroxylation is 1. The lowest BCUT2D eigenvalue weighted by molar-refractivity contribution is -0.109. The second kappa shape index (κ2) is 12.3. The minimum Gasteiger partial charge on any atom is -0.444 e. The minimum absolute atomic E-state index is 0.442. The Bertz CT molecular complexity index is 588.